The molecule has 0 unspecified atom stereocenters. The molecule has 1 aliphatic rings. The molecule has 4 nitrogen and oxygen atoms in total. The maximum absolute atomic E-state index is 12.4. The first-order valence-corrected chi connectivity index (χ1v) is 10.1. The molecule has 1 aromatic heterocycles. The van der Waals surface area contributed by atoms with Gasteiger partial charge in [0.05, 0.1) is 5.69 Å². The number of carbonyl (C=O) groups excluding carboxylic acids is 1. The summed E-state index contributed by atoms with van der Waals surface area (Å²) in [7, 11) is 0. The summed E-state index contributed by atoms with van der Waals surface area (Å²) in [4.78, 5) is 12.4. The van der Waals surface area contributed by atoms with Gasteiger partial charge in [-0.1, -0.05) is 61.9 Å². The van der Waals surface area contributed by atoms with E-state index in [0.29, 0.717) is 6.42 Å². The van der Waals surface area contributed by atoms with Crippen LogP contribution in [0.3, 0.4) is 0 Å². The van der Waals surface area contributed by atoms with Crippen LogP contribution in [0.15, 0.2) is 52.7 Å². The average molecular weight is 380 g/mol. The first-order chi connectivity index (χ1) is 13.2. The second kappa shape index (κ2) is 9.63. The van der Waals surface area contributed by atoms with E-state index in [1.807, 2.05) is 32.9 Å². The third-order valence-electron chi connectivity index (χ3n) is 5.30. The van der Waals surface area contributed by atoms with E-state index in [1.165, 1.54) is 5.57 Å². The highest BCUT2D eigenvalue weighted by atomic mass is 16.1. The van der Waals surface area contributed by atoms with Gasteiger partial charge in [-0.15, -0.1) is 5.10 Å². The zero-order valence-corrected chi connectivity index (χ0v) is 18.1. The van der Waals surface area contributed by atoms with Crippen molar-refractivity contribution in [1.29, 1.82) is 0 Å². The number of nitrogens with zero attached hydrogens (tertiary/aromatic N) is 2. The van der Waals surface area contributed by atoms with Crippen LogP contribution in [0, 0.1) is 12.3 Å². The van der Waals surface area contributed by atoms with Crippen LogP contribution in [0.1, 0.15) is 71.7 Å². The monoisotopic (exact) mass is 379 g/mol. The van der Waals surface area contributed by atoms with Crippen molar-refractivity contribution >= 4 is 11.9 Å². The van der Waals surface area contributed by atoms with Gasteiger partial charge in [-0.3, -0.25) is 9.89 Å². The lowest BCUT2D eigenvalue weighted by Gasteiger charge is -2.33. The van der Waals surface area contributed by atoms with Gasteiger partial charge in [-0.2, -0.15) is 0 Å². The third kappa shape index (κ3) is 5.75. The van der Waals surface area contributed by atoms with E-state index in [1.54, 1.807) is 0 Å². The van der Waals surface area contributed by atoms with Crippen molar-refractivity contribution in [3.05, 3.63) is 64.1 Å². The number of allylic oxidation sites excluding steroid dienone is 9. The number of hydrogen-bond acceptors (Lipinski definition) is 3. The van der Waals surface area contributed by atoms with Crippen LogP contribution in [0.4, 0.5) is 0 Å². The quantitative estimate of drug-likeness (QED) is 0.586. The molecule has 0 bridgehead atoms. The first kappa shape index (κ1) is 21.8. The van der Waals surface area contributed by atoms with E-state index in [-0.39, 0.29) is 11.2 Å². The van der Waals surface area contributed by atoms with E-state index < -0.39 is 0 Å². The first-order valence-electron chi connectivity index (χ1n) is 10.1. The maximum atomic E-state index is 12.4. The Hall–Kier alpha value is -2.49. The van der Waals surface area contributed by atoms with E-state index in [4.69, 9.17) is 0 Å². The van der Waals surface area contributed by atoms with Crippen molar-refractivity contribution in [2.24, 2.45) is 5.41 Å². The molecule has 1 aliphatic carbocycles. The highest BCUT2D eigenvalue weighted by Gasteiger charge is 2.30. The Balaban J connectivity index is 2.15. The molecule has 0 aliphatic heterocycles. The van der Waals surface area contributed by atoms with Gasteiger partial charge in [0, 0.05) is 6.42 Å². The SMILES string of the molecule is CCC(=O)C1=C(/C=C/C(C)=C/C=C/C(C)=C/c2nn[nH]c2C)C(C)(C)CCC1. The van der Waals surface area contributed by atoms with Gasteiger partial charge >= 0.3 is 0 Å². The number of aryl methyl sites for hydroxylation is 1. The molecule has 0 saturated heterocycles. The fourth-order valence-electron chi connectivity index (χ4n) is 3.52. The standard InChI is InChI=1S/C24H33N3O/c1-7-23(28)20-12-9-15-24(5,6)21(20)14-13-17(2)10-8-11-18(3)16-22-19(4)25-27-26-22/h8,10-11,13-14,16H,7,9,12,15H2,1-6H3,(H,25,26,27)/b11-8+,14-13+,17-10+,18-16+. The van der Waals surface area contributed by atoms with Crippen molar-refractivity contribution in [2.75, 3.05) is 0 Å². The smallest absolute Gasteiger partial charge is 0.158 e. The van der Waals surface area contributed by atoms with Gasteiger partial charge in [-0.25, -0.2) is 0 Å². The molecule has 4 heteroatoms. The fraction of sp³-hybridized carbons (Fsp3) is 0.458. The number of nitrogens with one attached hydrogen (secondary N) is 1. The van der Waals surface area contributed by atoms with Gasteiger partial charge in [0.2, 0.25) is 0 Å². The Morgan fingerprint density at radius 2 is 1.96 bits per heavy atom. The highest BCUT2D eigenvalue weighted by molar-refractivity contribution is 5.96. The minimum Gasteiger partial charge on any atom is -0.295 e. The van der Waals surface area contributed by atoms with Crippen LogP contribution in [-0.4, -0.2) is 21.2 Å². The van der Waals surface area contributed by atoms with Crippen molar-refractivity contribution < 1.29 is 4.79 Å². The Bertz CT molecular complexity index is 860. The number of H-pyrrole nitrogens is 1. The predicted octanol–water partition coefficient (Wildman–Crippen LogP) is 6.06. The molecule has 0 amide bonds. The molecule has 0 saturated carbocycles. The van der Waals surface area contributed by atoms with Gasteiger partial charge in [-0.05, 0) is 68.2 Å². The zero-order valence-electron chi connectivity index (χ0n) is 18.1. The summed E-state index contributed by atoms with van der Waals surface area (Å²) in [5, 5.41) is 10.7. The summed E-state index contributed by atoms with van der Waals surface area (Å²) < 4.78 is 0. The minimum atomic E-state index is 0.0554. The molecule has 0 aromatic carbocycles. The minimum absolute atomic E-state index is 0.0554. The molecule has 2 rings (SSSR count). The Morgan fingerprint density at radius 3 is 2.61 bits per heavy atom. The fourth-order valence-corrected chi connectivity index (χ4v) is 3.52. The highest BCUT2D eigenvalue weighted by Crippen LogP contribution is 2.41. The molecule has 1 aromatic rings. The average Bonchev–Trinajstić information content (AvgIpc) is 3.03. The normalized spacial score (nSPS) is 18.5. The zero-order chi connectivity index (χ0) is 20.7. The van der Waals surface area contributed by atoms with E-state index in [0.717, 1.165) is 47.4 Å². The maximum Gasteiger partial charge on any atom is 0.158 e. The summed E-state index contributed by atoms with van der Waals surface area (Å²) in [6, 6.07) is 0. The lowest BCUT2D eigenvalue weighted by molar-refractivity contribution is -0.115. The summed E-state index contributed by atoms with van der Waals surface area (Å²) in [5.74, 6) is 0.290. The number of aromatic nitrogens is 3. The van der Waals surface area contributed by atoms with Crippen LogP contribution in [0.5, 0.6) is 0 Å². The summed E-state index contributed by atoms with van der Waals surface area (Å²) in [6.07, 6.45) is 16.2. The summed E-state index contributed by atoms with van der Waals surface area (Å²) in [5.41, 5.74) is 6.38. The Kier molecular flexibility index (Phi) is 7.50. The van der Waals surface area contributed by atoms with E-state index in [2.05, 4.69) is 60.5 Å². The molecular weight excluding hydrogens is 346 g/mol. The second-order valence-electron chi connectivity index (χ2n) is 8.22. The number of rotatable bonds is 7. The number of aromatic amines is 1. The molecule has 0 fully saturated rings. The molecule has 0 spiro atoms. The van der Waals surface area contributed by atoms with Crippen molar-refractivity contribution in [3.8, 4) is 0 Å². The molecule has 28 heavy (non-hydrogen) atoms. The van der Waals surface area contributed by atoms with Crippen LogP contribution in [0.2, 0.25) is 0 Å². The Labute approximate surface area is 169 Å². The summed E-state index contributed by atoms with van der Waals surface area (Å²) >= 11 is 0. The van der Waals surface area contributed by atoms with E-state index >= 15 is 0 Å². The number of Topliss-reactive ketones (excluding diaryl/α,β-unsaturated/α-hetero) is 1. The topological polar surface area (TPSA) is 58.6 Å². The van der Waals surface area contributed by atoms with E-state index in [9.17, 15) is 4.79 Å². The van der Waals surface area contributed by atoms with Gasteiger partial charge in [0.25, 0.3) is 0 Å². The number of carbonyl (C=O) groups is 1. The molecule has 1 heterocycles. The van der Waals surface area contributed by atoms with Gasteiger partial charge in [0.1, 0.15) is 5.69 Å². The molecule has 150 valence electrons. The van der Waals surface area contributed by atoms with Crippen LogP contribution < -0.4 is 0 Å². The molecule has 1 N–H and O–H groups in total. The third-order valence-corrected chi connectivity index (χ3v) is 5.30. The summed E-state index contributed by atoms with van der Waals surface area (Å²) in [6.45, 7) is 12.5. The van der Waals surface area contributed by atoms with Gasteiger partial charge < -0.3 is 0 Å². The van der Waals surface area contributed by atoms with Crippen LogP contribution in [-0.2, 0) is 4.79 Å². The van der Waals surface area contributed by atoms with Crippen molar-refractivity contribution in [1.82, 2.24) is 15.4 Å². The van der Waals surface area contributed by atoms with Gasteiger partial charge in [0.15, 0.2) is 5.78 Å². The number of ketones is 1. The molecular formula is C24H33N3O. The predicted molar refractivity (Wildman–Crippen MR) is 117 cm³/mol. The number of hydrogen-bond donors (Lipinski definition) is 1. The van der Waals surface area contributed by atoms with Crippen LogP contribution >= 0.6 is 0 Å². The molecule has 0 atom stereocenters. The van der Waals surface area contributed by atoms with Crippen molar-refractivity contribution in [3.63, 3.8) is 0 Å². The largest absolute Gasteiger partial charge is 0.295 e. The lowest BCUT2D eigenvalue weighted by Crippen LogP contribution is -2.23. The lowest BCUT2D eigenvalue weighted by atomic mass is 9.71. The Morgan fingerprint density at radius 1 is 1.21 bits per heavy atom. The molecule has 0 radical (unpaired) electrons. The van der Waals surface area contributed by atoms with Crippen molar-refractivity contribution in [2.45, 2.75) is 67.2 Å². The van der Waals surface area contributed by atoms with Crippen LogP contribution in [0.25, 0.3) is 6.08 Å². The second-order valence-corrected chi connectivity index (χ2v) is 8.22.